The highest BCUT2D eigenvalue weighted by atomic mass is 32.1. The van der Waals surface area contributed by atoms with Crippen molar-refractivity contribution >= 4 is 29.2 Å². The Labute approximate surface area is 252 Å². The molecule has 224 valence electrons. The largest absolute Gasteiger partial charge is 0.493 e. The van der Waals surface area contributed by atoms with Crippen molar-refractivity contribution in [2.24, 2.45) is 10.9 Å². The number of methoxy groups -OCH3 is 2. The number of benzene rings is 1. The third-order valence-corrected chi connectivity index (χ3v) is 7.74. The maximum Gasteiger partial charge on any atom is 0.170 e. The van der Waals surface area contributed by atoms with Gasteiger partial charge in [-0.1, -0.05) is 32.8 Å². The first kappa shape index (κ1) is 32.4. The minimum atomic E-state index is -0.152. The van der Waals surface area contributed by atoms with E-state index < -0.39 is 0 Å². The van der Waals surface area contributed by atoms with Gasteiger partial charge >= 0.3 is 0 Å². The van der Waals surface area contributed by atoms with Gasteiger partial charge < -0.3 is 29.7 Å². The SMILES string of the molecule is CCCCN(CCCC)CCCNC(=S)Nc1ccc(OC2=CCC=NC3=CC(OC)=C(OC)C=C[C@H]32)c(C)c1C. The van der Waals surface area contributed by atoms with Gasteiger partial charge in [0.2, 0.25) is 0 Å². The monoisotopic (exact) mass is 580 g/mol. The van der Waals surface area contributed by atoms with Crippen LogP contribution in [0, 0.1) is 19.8 Å². The molecule has 1 aromatic rings. The predicted octanol–water partition coefficient (Wildman–Crippen LogP) is 7.19. The number of hydrogen-bond acceptors (Lipinski definition) is 6. The number of rotatable bonds is 15. The summed E-state index contributed by atoms with van der Waals surface area (Å²) in [5.41, 5.74) is 3.98. The maximum atomic E-state index is 6.54. The van der Waals surface area contributed by atoms with Crippen LogP contribution in [0.15, 0.2) is 64.4 Å². The van der Waals surface area contributed by atoms with Crippen LogP contribution in [-0.2, 0) is 9.47 Å². The van der Waals surface area contributed by atoms with Crippen LogP contribution in [0.1, 0.15) is 63.5 Å². The molecule has 0 amide bonds. The van der Waals surface area contributed by atoms with Gasteiger partial charge in [-0.25, -0.2) is 0 Å². The van der Waals surface area contributed by atoms with Crippen molar-refractivity contribution in [1.82, 2.24) is 10.2 Å². The molecule has 2 N–H and O–H groups in total. The summed E-state index contributed by atoms with van der Waals surface area (Å²) in [6.07, 6.45) is 16.6. The van der Waals surface area contributed by atoms with E-state index in [-0.39, 0.29) is 5.92 Å². The summed E-state index contributed by atoms with van der Waals surface area (Å²) < 4.78 is 17.6. The molecular formula is C33H48N4O3S. The summed E-state index contributed by atoms with van der Waals surface area (Å²) >= 11 is 5.62. The van der Waals surface area contributed by atoms with E-state index in [0.717, 1.165) is 53.5 Å². The minimum Gasteiger partial charge on any atom is -0.493 e. The number of fused-ring (bicyclic) bond motifs is 1. The second kappa shape index (κ2) is 17.0. The lowest BCUT2D eigenvalue weighted by molar-refractivity contribution is 0.242. The zero-order chi connectivity index (χ0) is 29.6. The quantitative estimate of drug-likeness (QED) is 0.168. The summed E-state index contributed by atoms with van der Waals surface area (Å²) in [7, 11) is 3.27. The second-order valence-corrected chi connectivity index (χ2v) is 10.9. The summed E-state index contributed by atoms with van der Waals surface area (Å²) in [5.74, 6) is 2.77. The number of hydrogen-bond donors (Lipinski definition) is 2. The first-order valence-corrected chi connectivity index (χ1v) is 15.3. The van der Waals surface area contributed by atoms with Gasteiger partial charge in [0.1, 0.15) is 11.5 Å². The van der Waals surface area contributed by atoms with E-state index in [9.17, 15) is 0 Å². The Morgan fingerprint density at radius 2 is 1.71 bits per heavy atom. The van der Waals surface area contributed by atoms with Crippen molar-refractivity contribution in [3.63, 3.8) is 0 Å². The molecule has 41 heavy (non-hydrogen) atoms. The fourth-order valence-corrected chi connectivity index (χ4v) is 5.06. The molecule has 0 unspecified atom stereocenters. The standard InChI is InChI=1S/C33H48N4O3S/c1-7-9-20-37(21-10-8-2)22-12-19-35-33(41)36-27-15-17-29(25(4)24(27)3)40-30-13-11-18-34-28-23-32(39-6)31(38-5)16-14-26(28)30/h13-18,23,26H,7-12,19-22H2,1-6H3,(H2,35,36,41)/t26-/m1/s1. The molecule has 7 nitrogen and oxygen atoms in total. The highest BCUT2D eigenvalue weighted by Crippen LogP contribution is 2.35. The normalized spacial score (nSPS) is 16.4. The first-order valence-electron chi connectivity index (χ1n) is 14.9. The van der Waals surface area contributed by atoms with Gasteiger partial charge in [0.25, 0.3) is 0 Å². The summed E-state index contributed by atoms with van der Waals surface area (Å²) in [6, 6.07) is 4.03. The van der Waals surface area contributed by atoms with E-state index >= 15 is 0 Å². The average Bonchev–Trinajstić information content (AvgIpc) is 3.27. The van der Waals surface area contributed by atoms with Crippen LogP contribution in [0.5, 0.6) is 5.75 Å². The third-order valence-electron chi connectivity index (χ3n) is 7.50. The smallest absolute Gasteiger partial charge is 0.170 e. The molecule has 8 heteroatoms. The van der Waals surface area contributed by atoms with Crippen molar-refractivity contribution in [2.75, 3.05) is 45.7 Å². The van der Waals surface area contributed by atoms with E-state index in [2.05, 4.69) is 54.3 Å². The molecule has 0 saturated heterocycles. The summed E-state index contributed by atoms with van der Waals surface area (Å²) in [4.78, 5) is 7.25. The Hall–Kier alpha value is -3.10. The summed E-state index contributed by atoms with van der Waals surface area (Å²) in [5, 5.41) is 7.42. The predicted molar refractivity (Wildman–Crippen MR) is 175 cm³/mol. The third kappa shape index (κ3) is 9.47. The molecule has 0 radical (unpaired) electrons. The van der Waals surface area contributed by atoms with Gasteiger partial charge in [0, 0.05) is 30.9 Å². The van der Waals surface area contributed by atoms with Crippen LogP contribution in [0.25, 0.3) is 0 Å². The topological polar surface area (TPSA) is 67.4 Å². The summed E-state index contributed by atoms with van der Waals surface area (Å²) in [6.45, 7) is 13.0. The molecule has 0 fully saturated rings. The lowest BCUT2D eigenvalue weighted by Crippen LogP contribution is -2.33. The molecule has 0 aromatic heterocycles. The van der Waals surface area contributed by atoms with Gasteiger partial charge in [0.15, 0.2) is 16.6 Å². The Morgan fingerprint density at radius 3 is 2.39 bits per heavy atom. The molecule has 0 saturated carbocycles. The molecule has 1 heterocycles. The van der Waals surface area contributed by atoms with Crippen LogP contribution in [0.4, 0.5) is 5.69 Å². The average molecular weight is 581 g/mol. The molecule has 1 aliphatic carbocycles. The molecule has 3 rings (SSSR count). The number of ether oxygens (including phenoxy) is 3. The van der Waals surface area contributed by atoms with E-state index in [1.165, 1.54) is 38.8 Å². The number of nitrogens with one attached hydrogen (secondary N) is 2. The number of allylic oxidation sites excluding steroid dienone is 3. The minimum absolute atomic E-state index is 0.152. The fourth-order valence-electron chi connectivity index (χ4n) is 4.84. The number of unbranched alkanes of at least 4 members (excludes halogenated alkanes) is 2. The molecule has 1 atom stereocenters. The fraction of sp³-hybridized carbons (Fsp3) is 0.515. The van der Waals surface area contributed by atoms with E-state index in [1.54, 1.807) is 14.2 Å². The van der Waals surface area contributed by atoms with Gasteiger partial charge in [-0.3, -0.25) is 4.99 Å². The maximum absolute atomic E-state index is 6.54. The van der Waals surface area contributed by atoms with Crippen molar-refractivity contribution in [3.8, 4) is 5.75 Å². The molecule has 1 aliphatic heterocycles. The molecule has 0 spiro atoms. The van der Waals surface area contributed by atoms with Crippen LogP contribution < -0.4 is 15.4 Å². The van der Waals surface area contributed by atoms with Crippen molar-refractivity contribution < 1.29 is 14.2 Å². The molecule has 1 aromatic carbocycles. The van der Waals surface area contributed by atoms with E-state index in [0.29, 0.717) is 23.1 Å². The van der Waals surface area contributed by atoms with Crippen LogP contribution in [0.3, 0.4) is 0 Å². The Balaban J connectivity index is 1.61. The van der Waals surface area contributed by atoms with E-state index in [4.69, 9.17) is 26.4 Å². The highest BCUT2D eigenvalue weighted by Gasteiger charge is 2.24. The van der Waals surface area contributed by atoms with Crippen molar-refractivity contribution in [1.29, 1.82) is 0 Å². The molecule has 2 aliphatic rings. The van der Waals surface area contributed by atoms with Crippen LogP contribution in [-0.4, -0.2) is 56.6 Å². The Kier molecular flexibility index (Phi) is 13.4. The highest BCUT2D eigenvalue weighted by molar-refractivity contribution is 7.80. The van der Waals surface area contributed by atoms with Gasteiger partial charge in [-0.15, -0.1) is 0 Å². The van der Waals surface area contributed by atoms with Crippen molar-refractivity contribution in [3.05, 3.63) is 70.5 Å². The number of anilines is 1. The lowest BCUT2D eigenvalue weighted by atomic mass is 10.0. The molecule has 0 bridgehead atoms. The number of thiocarbonyl (C=S) groups is 1. The zero-order valence-electron chi connectivity index (χ0n) is 25.7. The Morgan fingerprint density at radius 1 is 1.00 bits per heavy atom. The first-order chi connectivity index (χ1) is 19.9. The van der Waals surface area contributed by atoms with Crippen LogP contribution in [0.2, 0.25) is 0 Å². The number of aliphatic imine (C=N–C) groups is 1. The van der Waals surface area contributed by atoms with Gasteiger partial charge in [0.05, 0.1) is 25.8 Å². The molecular weight excluding hydrogens is 532 g/mol. The van der Waals surface area contributed by atoms with E-state index in [1.807, 2.05) is 36.6 Å². The second-order valence-electron chi connectivity index (χ2n) is 10.4. The Bertz CT molecular complexity index is 1180. The van der Waals surface area contributed by atoms with Gasteiger partial charge in [-0.2, -0.15) is 0 Å². The van der Waals surface area contributed by atoms with Gasteiger partial charge in [-0.05, 0) is 100 Å². The zero-order valence-corrected chi connectivity index (χ0v) is 26.5. The lowest BCUT2D eigenvalue weighted by Gasteiger charge is -2.22. The van der Waals surface area contributed by atoms with Crippen LogP contribution >= 0.6 is 12.2 Å². The van der Waals surface area contributed by atoms with Crippen molar-refractivity contribution in [2.45, 2.75) is 66.2 Å². The number of nitrogens with zero attached hydrogens (tertiary/aromatic N) is 2.